The van der Waals surface area contributed by atoms with Crippen LogP contribution in [-0.4, -0.2) is 41.4 Å². The van der Waals surface area contributed by atoms with Crippen molar-refractivity contribution in [1.29, 1.82) is 5.26 Å². The molecule has 2 aromatic carbocycles. The molecule has 0 saturated heterocycles. The maximum Gasteiger partial charge on any atom is 0.248 e. The van der Waals surface area contributed by atoms with E-state index in [1.54, 1.807) is 24.4 Å². The molecule has 1 amide bonds. The van der Waals surface area contributed by atoms with E-state index < -0.39 is 0 Å². The Bertz CT molecular complexity index is 1530. The van der Waals surface area contributed by atoms with Crippen LogP contribution < -0.4 is 15.4 Å². The fourth-order valence-corrected chi connectivity index (χ4v) is 3.95. The van der Waals surface area contributed by atoms with Crippen molar-refractivity contribution in [2.75, 3.05) is 31.3 Å². The van der Waals surface area contributed by atoms with Crippen molar-refractivity contribution >= 4 is 45.5 Å². The Morgan fingerprint density at radius 1 is 1.18 bits per heavy atom. The Morgan fingerprint density at radius 3 is 2.74 bits per heavy atom. The third-order valence-electron chi connectivity index (χ3n) is 5.64. The Kier molecular flexibility index (Phi) is 8.54. The van der Waals surface area contributed by atoms with Gasteiger partial charge in [0.25, 0.3) is 0 Å². The molecule has 0 unspecified atom stereocenters. The first kappa shape index (κ1) is 26.6. The van der Waals surface area contributed by atoms with Gasteiger partial charge in [0.1, 0.15) is 18.4 Å². The number of carbonyl (C=O) groups is 1. The lowest BCUT2D eigenvalue weighted by molar-refractivity contribution is -0.111. The summed E-state index contributed by atoms with van der Waals surface area (Å²) in [4.78, 5) is 23.1. The fourth-order valence-electron chi connectivity index (χ4n) is 3.72. The first-order valence-corrected chi connectivity index (χ1v) is 12.3. The SMILES string of the molecule is Cc1cc2ncc(C#N)c(Nc3ccc(OCc4ccccn4)c(Cl)c3)c2cc1NC(=O)/C=C/CN(C)C. The molecule has 0 spiro atoms. The molecule has 38 heavy (non-hydrogen) atoms. The molecule has 0 aliphatic carbocycles. The number of carbonyl (C=O) groups excluding carboxylic acids is 1. The number of rotatable bonds is 9. The van der Waals surface area contributed by atoms with Crippen molar-refractivity contribution in [3.63, 3.8) is 0 Å². The number of hydrogen-bond donors (Lipinski definition) is 2. The summed E-state index contributed by atoms with van der Waals surface area (Å²) in [6, 6.07) is 16.8. The van der Waals surface area contributed by atoms with Gasteiger partial charge in [-0.15, -0.1) is 0 Å². The van der Waals surface area contributed by atoms with Gasteiger partial charge in [-0.05, 0) is 69.0 Å². The Morgan fingerprint density at radius 2 is 2.03 bits per heavy atom. The maximum atomic E-state index is 12.5. The predicted octanol–water partition coefficient (Wildman–Crippen LogP) is 5.84. The molecule has 0 radical (unpaired) electrons. The highest BCUT2D eigenvalue weighted by Crippen LogP contribution is 2.35. The van der Waals surface area contributed by atoms with Crippen LogP contribution >= 0.6 is 11.6 Å². The zero-order valence-corrected chi connectivity index (χ0v) is 22.1. The van der Waals surface area contributed by atoms with Crippen LogP contribution in [0.1, 0.15) is 16.8 Å². The number of ether oxygens (including phenoxy) is 1. The summed E-state index contributed by atoms with van der Waals surface area (Å²) in [6.45, 7) is 2.84. The number of anilines is 3. The number of aryl methyl sites for hydroxylation is 1. The van der Waals surface area contributed by atoms with Gasteiger partial charge >= 0.3 is 0 Å². The van der Waals surface area contributed by atoms with E-state index in [1.807, 2.05) is 62.3 Å². The molecule has 0 aliphatic rings. The summed E-state index contributed by atoms with van der Waals surface area (Å²) in [5.41, 5.74) is 4.55. The topological polar surface area (TPSA) is 103 Å². The Balaban J connectivity index is 1.60. The van der Waals surface area contributed by atoms with E-state index in [9.17, 15) is 10.1 Å². The number of nitriles is 1. The van der Waals surface area contributed by atoms with Crippen LogP contribution in [0.2, 0.25) is 5.02 Å². The van der Waals surface area contributed by atoms with Crippen LogP contribution in [0.25, 0.3) is 10.9 Å². The number of nitrogens with zero attached hydrogens (tertiary/aromatic N) is 4. The number of hydrogen-bond acceptors (Lipinski definition) is 7. The number of fused-ring (bicyclic) bond motifs is 1. The van der Waals surface area contributed by atoms with E-state index in [1.165, 1.54) is 12.3 Å². The third kappa shape index (κ3) is 6.65. The first-order chi connectivity index (χ1) is 18.3. The first-order valence-electron chi connectivity index (χ1n) is 11.9. The summed E-state index contributed by atoms with van der Waals surface area (Å²) in [7, 11) is 3.86. The number of halogens is 1. The lowest BCUT2D eigenvalue weighted by Gasteiger charge is -2.15. The van der Waals surface area contributed by atoms with Gasteiger partial charge in [-0.3, -0.25) is 14.8 Å². The van der Waals surface area contributed by atoms with Gasteiger partial charge in [-0.25, -0.2) is 0 Å². The number of aromatic nitrogens is 2. The second-order valence-corrected chi connectivity index (χ2v) is 9.28. The van der Waals surface area contributed by atoms with E-state index in [2.05, 4.69) is 26.7 Å². The van der Waals surface area contributed by atoms with Gasteiger partial charge in [-0.2, -0.15) is 5.26 Å². The van der Waals surface area contributed by atoms with E-state index in [0.717, 1.165) is 11.3 Å². The average molecular weight is 527 g/mol. The molecule has 0 bridgehead atoms. The van der Waals surface area contributed by atoms with Crippen molar-refractivity contribution in [2.24, 2.45) is 0 Å². The van der Waals surface area contributed by atoms with Crippen LogP contribution in [0.5, 0.6) is 5.75 Å². The molecule has 9 heteroatoms. The largest absolute Gasteiger partial charge is 0.486 e. The highest BCUT2D eigenvalue weighted by Gasteiger charge is 2.14. The summed E-state index contributed by atoms with van der Waals surface area (Å²) >= 11 is 6.50. The molecule has 4 aromatic rings. The van der Waals surface area contributed by atoms with Crippen LogP contribution in [0, 0.1) is 18.3 Å². The van der Waals surface area contributed by atoms with Gasteiger partial charge in [0.15, 0.2) is 0 Å². The normalized spacial score (nSPS) is 11.1. The zero-order chi connectivity index (χ0) is 27.1. The van der Waals surface area contributed by atoms with Gasteiger partial charge in [-0.1, -0.05) is 23.7 Å². The average Bonchev–Trinajstić information content (AvgIpc) is 2.89. The number of likely N-dealkylation sites (N-methyl/N-ethyl adjacent to an activating group) is 1. The molecular weight excluding hydrogens is 500 g/mol. The third-order valence-corrected chi connectivity index (χ3v) is 5.93. The molecule has 2 heterocycles. The molecule has 4 rings (SSSR count). The second-order valence-electron chi connectivity index (χ2n) is 8.88. The van der Waals surface area contributed by atoms with Crippen molar-refractivity contribution in [2.45, 2.75) is 13.5 Å². The molecule has 2 N–H and O–H groups in total. The van der Waals surface area contributed by atoms with Crippen molar-refractivity contribution < 1.29 is 9.53 Å². The van der Waals surface area contributed by atoms with Gasteiger partial charge in [0.05, 0.1) is 27.5 Å². The minimum atomic E-state index is -0.235. The minimum Gasteiger partial charge on any atom is -0.486 e. The summed E-state index contributed by atoms with van der Waals surface area (Å²) in [5.74, 6) is 0.284. The molecule has 192 valence electrons. The zero-order valence-electron chi connectivity index (χ0n) is 21.3. The van der Waals surface area contributed by atoms with Gasteiger partial charge in [0.2, 0.25) is 5.91 Å². The van der Waals surface area contributed by atoms with E-state index in [0.29, 0.717) is 57.5 Å². The molecule has 0 atom stereocenters. The highest BCUT2D eigenvalue weighted by molar-refractivity contribution is 6.32. The molecule has 0 aliphatic heterocycles. The summed E-state index contributed by atoms with van der Waals surface area (Å²) in [6.07, 6.45) is 6.53. The van der Waals surface area contributed by atoms with Gasteiger partial charge in [0, 0.05) is 41.8 Å². The number of benzene rings is 2. The number of amides is 1. The number of nitrogens with one attached hydrogen (secondary N) is 2. The van der Waals surface area contributed by atoms with Crippen LogP contribution in [0.15, 0.2) is 73.1 Å². The summed E-state index contributed by atoms with van der Waals surface area (Å²) in [5, 5.41) is 17.1. The standard InChI is InChI=1S/C29H27ClN6O2/c1-19-13-26-23(15-25(19)35-28(37)8-6-12-36(2)3)29(20(16-31)17-33-26)34-21-9-10-27(24(30)14-21)38-18-22-7-4-5-11-32-22/h4-11,13-15,17H,12,18H2,1-3H3,(H,33,34)(H,35,37)/b8-6+. The van der Waals surface area contributed by atoms with E-state index in [-0.39, 0.29) is 5.91 Å². The fraction of sp³-hybridized carbons (Fsp3) is 0.172. The Hall–Kier alpha value is -4.45. The van der Waals surface area contributed by atoms with Gasteiger partial charge < -0.3 is 20.3 Å². The molecule has 8 nitrogen and oxygen atoms in total. The Labute approximate surface area is 226 Å². The van der Waals surface area contributed by atoms with Crippen LogP contribution in [-0.2, 0) is 11.4 Å². The maximum absolute atomic E-state index is 12.5. The van der Waals surface area contributed by atoms with E-state index >= 15 is 0 Å². The molecule has 2 aromatic heterocycles. The quantitative estimate of drug-likeness (QED) is 0.264. The minimum absolute atomic E-state index is 0.235. The predicted molar refractivity (Wildman–Crippen MR) is 151 cm³/mol. The number of pyridine rings is 2. The highest BCUT2D eigenvalue weighted by atomic mass is 35.5. The molecule has 0 saturated carbocycles. The van der Waals surface area contributed by atoms with Crippen LogP contribution in [0.4, 0.5) is 17.1 Å². The second kappa shape index (κ2) is 12.2. The van der Waals surface area contributed by atoms with Crippen molar-refractivity contribution in [3.05, 3.63) is 94.9 Å². The summed E-state index contributed by atoms with van der Waals surface area (Å²) < 4.78 is 5.82. The van der Waals surface area contributed by atoms with Crippen LogP contribution in [0.3, 0.4) is 0 Å². The molecular formula is C29H27ClN6O2. The van der Waals surface area contributed by atoms with E-state index in [4.69, 9.17) is 16.3 Å². The lowest BCUT2D eigenvalue weighted by atomic mass is 10.1. The van der Waals surface area contributed by atoms with Crippen molar-refractivity contribution in [3.8, 4) is 11.8 Å². The molecule has 0 fully saturated rings. The lowest BCUT2D eigenvalue weighted by Crippen LogP contribution is -2.13. The smallest absolute Gasteiger partial charge is 0.248 e. The monoisotopic (exact) mass is 526 g/mol. The van der Waals surface area contributed by atoms with Crippen molar-refractivity contribution in [1.82, 2.24) is 14.9 Å².